The molecule has 0 amide bonds. The molecule has 0 fully saturated rings. The average molecular weight is 123 g/mol. The Labute approximate surface area is 52.6 Å². The van der Waals surface area contributed by atoms with Gasteiger partial charge in [0.2, 0.25) is 0 Å². The van der Waals surface area contributed by atoms with Crippen LogP contribution in [0.2, 0.25) is 6.04 Å². The van der Waals surface area contributed by atoms with E-state index in [0.717, 1.165) is 13.0 Å². The quantitative estimate of drug-likeness (QED) is 0.393. The molecule has 0 atom stereocenters. The Bertz CT molecular complexity index is 83.5. The SMILES string of the molecule is [3H][Si]([3H])([3H])CCNCCC. The molecule has 0 saturated heterocycles. The molecule has 0 aromatic heterocycles. The van der Waals surface area contributed by atoms with Crippen molar-refractivity contribution in [2.75, 3.05) is 13.1 Å². The predicted molar refractivity (Wildman–Crippen MR) is 37.9 cm³/mol. The number of nitrogens with one attached hydrogen (secondary N) is 1. The van der Waals surface area contributed by atoms with E-state index in [-0.39, 0.29) is 0 Å². The summed E-state index contributed by atoms with van der Waals surface area (Å²) in [6.07, 6.45) is 1.07. The second kappa shape index (κ2) is 6.18. The van der Waals surface area contributed by atoms with Gasteiger partial charge in [0.05, 0.1) is 0 Å². The maximum absolute atomic E-state index is 7.00. The number of rotatable bonds is 5. The van der Waals surface area contributed by atoms with Crippen molar-refractivity contribution in [3.8, 4) is 0 Å². The van der Waals surface area contributed by atoms with Gasteiger partial charge in [-0.2, -0.15) is 0 Å². The third-order valence-electron chi connectivity index (χ3n) is 0.729. The van der Waals surface area contributed by atoms with E-state index in [1.807, 2.05) is 0 Å². The molecule has 7 heavy (non-hydrogen) atoms. The largest absolute Gasteiger partial charge is 0.317 e. The molecule has 44 valence electrons. The van der Waals surface area contributed by atoms with Gasteiger partial charge in [-0.15, -0.1) is 0 Å². The highest BCUT2D eigenvalue weighted by atomic mass is 28.1. The van der Waals surface area contributed by atoms with Crippen LogP contribution in [-0.4, -0.2) is 26.8 Å². The van der Waals surface area contributed by atoms with E-state index < -0.39 is 10.0 Å². The van der Waals surface area contributed by atoms with Crippen molar-refractivity contribution in [2.24, 2.45) is 0 Å². The smallest absolute Gasteiger partial charge is 0.00734 e. The van der Waals surface area contributed by atoms with Crippen LogP contribution in [0.3, 0.4) is 0 Å². The topological polar surface area (TPSA) is 12.0 Å². The van der Waals surface area contributed by atoms with E-state index in [1.165, 1.54) is 0 Å². The molecule has 0 unspecified atom stereocenters. The van der Waals surface area contributed by atoms with E-state index in [4.69, 9.17) is 3.70 Å². The Morgan fingerprint density at radius 2 is 2.57 bits per heavy atom. The number of hydrogen-bond acceptors (Lipinski definition) is 1. The van der Waals surface area contributed by atoms with Crippen LogP contribution in [-0.2, 0) is 0 Å². The molecule has 0 aliphatic rings. The maximum atomic E-state index is 7.00. The molecule has 2 heteroatoms. The van der Waals surface area contributed by atoms with E-state index in [0.29, 0.717) is 12.6 Å². The lowest BCUT2D eigenvalue weighted by molar-refractivity contribution is 0.703. The van der Waals surface area contributed by atoms with Crippen LogP contribution in [0.1, 0.15) is 13.3 Å². The van der Waals surface area contributed by atoms with Crippen molar-refractivity contribution < 1.29 is 0 Å². The minimum Gasteiger partial charge on any atom is -0.317 e. The van der Waals surface area contributed by atoms with Gasteiger partial charge < -0.3 is 5.32 Å². The van der Waals surface area contributed by atoms with Crippen LogP contribution in [0.4, 0.5) is 0 Å². The summed E-state index contributed by atoms with van der Waals surface area (Å²) in [7, 11) is -3.02. The van der Waals surface area contributed by atoms with Gasteiger partial charge in [-0.05, 0) is 19.5 Å². The van der Waals surface area contributed by atoms with Crippen molar-refractivity contribution in [1.29, 1.82) is 3.70 Å². The molecule has 0 aromatic rings. The van der Waals surface area contributed by atoms with Crippen LogP contribution >= 0.6 is 0 Å². The summed E-state index contributed by atoms with van der Waals surface area (Å²) < 4.78 is 21.0. The molecule has 0 heterocycles. The second-order valence-corrected chi connectivity index (χ2v) is 2.00. The fraction of sp³-hybridized carbons (Fsp3) is 1.00. The van der Waals surface area contributed by atoms with Crippen molar-refractivity contribution in [3.63, 3.8) is 0 Å². The maximum Gasteiger partial charge on any atom is 0.00734 e. The first-order chi connectivity index (χ1) is 4.56. The van der Waals surface area contributed by atoms with Gasteiger partial charge in [0.15, 0.2) is 0 Å². The lowest BCUT2D eigenvalue weighted by Gasteiger charge is -1.95. The van der Waals surface area contributed by atoms with Crippen molar-refractivity contribution in [3.05, 3.63) is 0 Å². The summed E-state index contributed by atoms with van der Waals surface area (Å²) in [6, 6.07) is 0.410. The summed E-state index contributed by atoms with van der Waals surface area (Å²) >= 11 is 0. The van der Waals surface area contributed by atoms with Crippen molar-refractivity contribution >= 4 is 10.0 Å². The molecular formula is C5H15NSi. The van der Waals surface area contributed by atoms with Crippen molar-refractivity contribution in [2.45, 2.75) is 19.4 Å². The van der Waals surface area contributed by atoms with Crippen LogP contribution in [0.15, 0.2) is 0 Å². The summed E-state index contributed by atoms with van der Waals surface area (Å²) in [5, 5.41) is 3.07. The van der Waals surface area contributed by atoms with Gasteiger partial charge in [0.1, 0.15) is 0 Å². The van der Waals surface area contributed by atoms with Crippen molar-refractivity contribution in [1.82, 2.24) is 5.32 Å². The lowest BCUT2D eigenvalue weighted by Crippen LogP contribution is -2.14. The highest BCUT2D eigenvalue weighted by molar-refractivity contribution is 6.08. The second-order valence-electron chi connectivity index (χ2n) is 1.50. The third kappa shape index (κ3) is 6.18. The zero-order valence-corrected chi connectivity index (χ0v) is 5.83. The molecule has 0 bridgehead atoms. The average Bonchev–Trinajstić information content (AvgIpc) is 1.78. The molecule has 0 rings (SSSR count). The lowest BCUT2D eigenvalue weighted by atomic mass is 10.5. The molecule has 0 aliphatic carbocycles. The highest BCUT2D eigenvalue weighted by Gasteiger charge is 1.76. The Kier molecular flexibility index (Phi) is 2.87. The summed E-state index contributed by atoms with van der Waals surface area (Å²) in [4.78, 5) is 0. The van der Waals surface area contributed by atoms with Gasteiger partial charge in [-0.3, -0.25) is 0 Å². The van der Waals surface area contributed by atoms with E-state index >= 15 is 0 Å². The van der Waals surface area contributed by atoms with Crippen LogP contribution in [0.25, 0.3) is 0 Å². The molecule has 1 nitrogen and oxygen atoms in total. The normalized spacial score (nSPS) is 17.6. The molecule has 0 aromatic carbocycles. The minimum atomic E-state index is -3.02. The molecule has 0 radical (unpaired) electrons. The Hall–Kier alpha value is 0.177. The van der Waals surface area contributed by atoms with E-state index in [9.17, 15) is 0 Å². The number of hydrogen-bond donors (Lipinski definition) is 1. The standard InChI is InChI=1S/C5H15NSi/c1-2-3-6-4-5-7/h6H,2-5H2,1,7H3/i7T3. The minimum absolute atomic E-state index is 0.410. The van der Waals surface area contributed by atoms with Gasteiger partial charge >= 0.3 is 0 Å². The first-order valence-corrected chi connectivity index (χ1v) is 3.47. The zero-order valence-electron chi connectivity index (χ0n) is 7.83. The molecular weight excluding hydrogens is 102 g/mol. The zero-order chi connectivity index (χ0) is 8.04. The first kappa shape index (κ1) is 3.25. The fourth-order valence-corrected chi connectivity index (χ4v) is 0.567. The first-order valence-electron chi connectivity index (χ1n) is 4.27. The Morgan fingerprint density at radius 1 is 1.71 bits per heavy atom. The summed E-state index contributed by atoms with van der Waals surface area (Å²) in [5.41, 5.74) is 0. The predicted octanol–water partition coefficient (Wildman–Crippen LogP) is -0.230. The monoisotopic (exact) mass is 123 g/mol. The molecule has 1 N–H and O–H groups in total. The van der Waals surface area contributed by atoms with Gasteiger partial charge in [0.25, 0.3) is 0 Å². The highest BCUT2D eigenvalue weighted by Crippen LogP contribution is 1.69. The van der Waals surface area contributed by atoms with E-state index in [1.54, 1.807) is 0 Å². The van der Waals surface area contributed by atoms with Gasteiger partial charge in [-0.1, -0.05) is 13.0 Å². The van der Waals surface area contributed by atoms with Gasteiger partial charge in [-0.25, -0.2) is 0 Å². The fourth-order valence-electron chi connectivity index (χ4n) is 0.390. The third-order valence-corrected chi connectivity index (χ3v) is 0.979. The molecule has 0 aliphatic heterocycles. The van der Waals surface area contributed by atoms with Crippen LogP contribution in [0.5, 0.6) is 0 Å². The summed E-state index contributed by atoms with van der Waals surface area (Å²) in [6.45, 7) is 3.67. The molecule has 0 saturated carbocycles. The van der Waals surface area contributed by atoms with Crippen LogP contribution < -0.4 is 5.32 Å². The van der Waals surface area contributed by atoms with Crippen LogP contribution in [0, 0.1) is 0 Å². The Balaban J connectivity index is 3.04. The van der Waals surface area contributed by atoms with E-state index in [2.05, 4.69) is 12.2 Å². The Morgan fingerprint density at radius 3 is 3.14 bits per heavy atom. The molecule has 0 spiro atoms. The van der Waals surface area contributed by atoms with Gasteiger partial charge in [0, 0.05) is 13.7 Å². The summed E-state index contributed by atoms with van der Waals surface area (Å²) in [5.74, 6) is 0.